The molecule has 1 amide bonds. The van der Waals surface area contributed by atoms with Crippen molar-refractivity contribution in [3.8, 4) is 0 Å². The van der Waals surface area contributed by atoms with E-state index in [4.69, 9.17) is 0 Å². The van der Waals surface area contributed by atoms with Gasteiger partial charge in [-0.1, -0.05) is 25.7 Å². The minimum Gasteiger partial charge on any atom is -0.341 e. The molecule has 0 spiro atoms. The van der Waals surface area contributed by atoms with Crippen molar-refractivity contribution >= 4 is 5.91 Å². The van der Waals surface area contributed by atoms with Gasteiger partial charge in [0.2, 0.25) is 5.91 Å². The number of likely N-dealkylation sites (N-methyl/N-ethyl adjacent to an activating group) is 1. The van der Waals surface area contributed by atoms with Crippen molar-refractivity contribution in [1.82, 2.24) is 10.2 Å². The number of amides is 1. The van der Waals surface area contributed by atoms with Crippen LogP contribution in [0.25, 0.3) is 0 Å². The predicted octanol–water partition coefficient (Wildman–Crippen LogP) is 1.53. The van der Waals surface area contributed by atoms with Crippen LogP contribution in [0.2, 0.25) is 0 Å². The molecule has 1 N–H and O–H groups in total. The summed E-state index contributed by atoms with van der Waals surface area (Å²) in [6.45, 7) is 1.01. The zero-order valence-electron chi connectivity index (χ0n) is 9.67. The van der Waals surface area contributed by atoms with Crippen LogP contribution in [0.1, 0.15) is 44.9 Å². The van der Waals surface area contributed by atoms with Gasteiger partial charge in [0.1, 0.15) is 0 Å². The minimum atomic E-state index is 0.123. The van der Waals surface area contributed by atoms with Gasteiger partial charge in [0.05, 0.1) is 6.04 Å². The van der Waals surface area contributed by atoms with Crippen LogP contribution < -0.4 is 5.32 Å². The van der Waals surface area contributed by atoms with Crippen LogP contribution in [0.5, 0.6) is 0 Å². The summed E-state index contributed by atoms with van der Waals surface area (Å²) in [5.74, 6) is 0.313. The maximum absolute atomic E-state index is 12.0. The highest BCUT2D eigenvalue weighted by molar-refractivity contribution is 5.82. The Morgan fingerprint density at radius 3 is 2.20 bits per heavy atom. The van der Waals surface area contributed by atoms with E-state index in [-0.39, 0.29) is 6.04 Å². The second-order valence-corrected chi connectivity index (χ2v) is 4.89. The fraction of sp³-hybridized carbons (Fsp3) is 0.917. The lowest BCUT2D eigenvalue weighted by Crippen LogP contribution is -2.55. The molecule has 0 unspecified atom stereocenters. The molecule has 86 valence electrons. The van der Waals surface area contributed by atoms with Crippen molar-refractivity contribution in [2.24, 2.45) is 0 Å². The van der Waals surface area contributed by atoms with Crippen molar-refractivity contribution in [2.75, 3.05) is 13.6 Å². The van der Waals surface area contributed by atoms with E-state index >= 15 is 0 Å². The lowest BCUT2D eigenvalue weighted by atomic mass is 10.0. The minimum absolute atomic E-state index is 0.123. The number of carbonyl (C=O) groups excluding carboxylic acids is 1. The Morgan fingerprint density at radius 1 is 1.13 bits per heavy atom. The Bertz CT molecular complexity index is 218. The third kappa shape index (κ3) is 2.51. The molecule has 1 saturated carbocycles. The van der Waals surface area contributed by atoms with E-state index in [0.717, 1.165) is 13.0 Å². The Balaban J connectivity index is 1.86. The molecule has 0 aromatic rings. The smallest absolute Gasteiger partial charge is 0.239 e. The number of nitrogens with zero attached hydrogens (tertiary/aromatic N) is 1. The Hall–Kier alpha value is -0.570. The standard InChI is InChI=1S/C12H22N2O/c1-14(12(15)11-8-9-13-11)10-6-4-2-3-5-7-10/h10-11,13H,2-9H2,1H3/t11-/m1/s1. The SMILES string of the molecule is CN(C(=O)[C@H]1CCN1)C1CCCCCC1. The highest BCUT2D eigenvalue weighted by Gasteiger charge is 2.30. The molecular weight excluding hydrogens is 188 g/mol. The summed E-state index contributed by atoms with van der Waals surface area (Å²) >= 11 is 0. The molecule has 3 heteroatoms. The van der Waals surface area contributed by atoms with E-state index in [1.165, 1.54) is 38.5 Å². The molecule has 3 nitrogen and oxygen atoms in total. The van der Waals surface area contributed by atoms with Crippen LogP contribution >= 0.6 is 0 Å². The van der Waals surface area contributed by atoms with Gasteiger partial charge in [-0.3, -0.25) is 4.79 Å². The third-order valence-corrected chi connectivity index (χ3v) is 3.84. The van der Waals surface area contributed by atoms with Crippen molar-refractivity contribution in [1.29, 1.82) is 0 Å². The molecule has 1 saturated heterocycles. The molecule has 2 rings (SSSR count). The summed E-state index contributed by atoms with van der Waals surface area (Å²) in [6.07, 6.45) is 8.71. The molecule has 1 heterocycles. The summed E-state index contributed by atoms with van der Waals surface area (Å²) in [4.78, 5) is 14.0. The molecule has 1 aliphatic carbocycles. The molecular formula is C12H22N2O. The number of hydrogen-bond donors (Lipinski definition) is 1. The van der Waals surface area contributed by atoms with Gasteiger partial charge in [-0.05, 0) is 25.8 Å². The molecule has 0 aromatic carbocycles. The highest BCUT2D eigenvalue weighted by atomic mass is 16.2. The normalized spacial score (nSPS) is 27.9. The first-order valence-electron chi connectivity index (χ1n) is 6.29. The molecule has 15 heavy (non-hydrogen) atoms. The lowest BCUT2D eigenvalue weighted by molar-refractivity contribution is -0.136. The van der Waals surface area contributed by atoms with Gasteiger partial charge in [0.25, 0.3) is 0 Å². The predicted molar refractivity (Wildman–Crippen MR) is 60.7 cm³/mol. The van der Waals surface area contributed by atoms with E-state index in [1.807, 2.05) is 11.9 Å². The van der Waals surface area contributed by atoms with Crippen LogP contribution in [0.3, 0.4) is 0 Å². The maximum Gasteiger partial charge on any atom is 0.239 e. The number of hydrogen-bond acceptors (Lipinski definition) is 2. The van der Waals surface area contributed by atoms with Gasteiger partial charge in [-0.2, -0.15) is 0 Å². The molecule has 0 bridgehead atoms. The number of carbonyl (C=O) groups is 1. The quantitative estimate of drug-likeness (QED) is 0.701. The van der Waals surface area contributed by atoms with E-state index < -0.39 is 0 Å². The lowest BCUT2D eigenvalue weighted by Gasteiger charge is -2.34. The largest absolute Gasteiger partial charge is 0.341 e. The summed E-state index contributed by atoms with van der Waals surface area (Å²) in [5, 5.41) is 3.19. The van der Waals surface area contributed by atoms with Gasteiger partial charge in [0.15, 0.2) is 0 Å². The van der Waals surface area contributed by atoms with E-state index in [2.05, 4.69) is 5.32 Å². The monoisotopic (exact) mass is 210 g/mol. The Labute approximate surface area is 92.2 Å². The summed E-state index contributed by atoms with van der Waals surface area (Å²) in [6, 6.07) is 0.626. The van der Waals surface area contributed by atoms with E-state index in [9.17, 15) is 4.79 Å². The maximum atomic E-state index is 12.0. The summed E-state index contributed by atoms with van der Waals surface area (Å²) < 4.78 is 0. The van der Waals surface area contributed by atoms with Crippen molar-refractivity contribution in [3.63, 3.8) is 0 Å². The number of nitrogens with one attached hydrogen (secondary N) is 1. The van der Waals surface area contributed by atoms with Crippen molar-refractivity contribution < 1.29 is 4.79 Å². The topological polar surface area (TPSA) is 32.3 Å². The van der Waals surface area contributed by atoms with Gasteiger partial charge in [0, 0.05) is 13.1 Å². The fourth-order valence-electron chi connectivity index (χ4n) is 2.57. The molecule has 1 atom stereocenters. The molecule has 0 radical (unpaired) electrons. The zero-order chi connectivity index (χ0) is 10.7. The van der Waals surface area contributed by atoms with Gasteiger partial charge >= 0.3 is 0 Å². The van der Waals surface area contributed by atoms with Crippen molar-refractivity contribution in [2.45, 2.75) is 57.0 Å². The zero-order valence-corrected chi connectivity index (χ0v) is 9.67. The third-order valence-electron chi connectivity index (χ3n) is 3.84. The first-order valence-corrected chi connectivity index (χ1v) is 6.29. The molecule has 2 aliphatic rings. The average Bonchev–Trinajstić information content (AvgIpc) is 2.41. The second-order valence-electron chi connectivity index (χ2n) is 4.89. The Kier molecular flexibility index (Phi) is 3.62. The van der Waals surface area contributed by atoms with Gasteiger partial charge in [-0.15, -0.1) is 0 Å². The number of rotatable bonds is 2. The van der Waals surface area contributed by atoms with Crippen LogP contribution in [-0.2, 0) is 4.79 Å². The Morgan fingerprint density at radius 2 is 1.73 bits per heavy atom. The van der Waals surface area contributed by atoms with Gasteiger partial charge < -0.3 is 10.2 Å². The van der Waals surface area contributed by atoms with E-state index in [1.54, 1.807) is 0 Å². The van der Waals surface area contributed by atoms with Crippen LogP contribution in [0.15, 0.2) is 0 Å². The summed E-state index contributed by atoms with van der Waals surface area (Å²) in [5.41, 5.74) is 0. The van der Waals surface area contributed by atoms with Crippen LogP contribution in [-0.4, -0.2) is 36.5 Å². The molecule has 1 aliphatic heterocycles. The van der Waals surface area contributed by atoms with E-state index in [0.29, 0.717) is 11.9 Å². The summed E-state index contributed by atoms with van der Waals surface area (Å²) in [7, 11) is 1.98. The van der Waals surface area contributed by atoms with Crippen molar-refractivity contribution in [3.05, 3.63) is 0 Å². The highest BCUT2D eigenvalue weighted by Crippen LogP contribution is 2.22. The van der Waals surface area contributed by atoms with Gasteiger partial charge in [-0.25, -0.2) is 0 Å². The fourth-order valence-corrected chi connectivity index (χ4v) is 2.57. The second kappa shape index (κ2) is 4.97. The first kappa shape index (κ1) is 10.9. The average molecular weight is 210 g/mol. The first-order chi connectivity index (χ1) is 7.29. The van der Waals surface area contributed by atoms with Crippen LogP contribution in [0.4, 0.5) is 0 Å². The molecule has 2 fully saturated rings. The molecule has 0 aromatic heterocycles. The van der Waals surface area contributed by atoms with Crippen LogP contribution in [0, 0.1) is 0 Å².